The Bertz CT molecular complexity index is 2000. The van der Waals surface area contributed by atoms with Gasteiger partial charge in [-0.2, -0.15) is 13.2 Å². The molecule has 1 aliphatic heterocycles. The number of pyridine rings is 1. The highest BCUT2D eigenvalue weighted by Crippen LogP contribution is 2.51. The number of hydrogen-bond donors (Lipinski definition) is 1. The molecule has 0 spiro atoms. The van der Waals surface area contributed by atoms with Crippen LogP contribution in [0.2, 0.25) is 0 Å². The minimum atomic E-state index is -4.65. The number of para-hydroxylation sites is 1. The molecule has 2 unspecified atom stereocenters. The molecule has 11 heteroatoms. The van der Waals surface area contributed by atoms with Gasteiger partial charge in [0.15, 0.2) is 0 Å². The number of hydrogen-bond acceptors (Lipinski definition) is 5. The van der Waals surface area contributed by atoms with Crippen LogP contribution in [0.3, 0.4) is 0 Å². The molecule has 2 heterocycles. The van der Waals surface area contributed by atoms with E-state index >= 15 is 0 Å². The second kappa shape index (κ2) is 11.3. The van der Waals surface area contributed by atoms with Crippen molar-refractivity contribution in [3.63, 3.8) is 0 Å². The molecule has 0 fully saturated rings. The van der Waals surface area contributed by atoms with Crippen LogP contribution in [0.15, 0.2) is 107 Å². The maximum Gasteiger partial charge on any atom is 0.416 e. The lowest BCUT2D eigenvalue weighted by Gasteiger charge is -2.33. The summed E-state index contributed by atoms with van der Waals surface area (Å²) in [5, 5.41) is 23.3. The van der Waals surface area contributed by atoms with Crippen molar-refractivity contribution in [2.24, 2.45) is 0 Å². The summed E-state index contributed by atoms with van der Waals surface area (Å²) in [6.45, 7) is 0. The quantitative estimate of drug-likeness (QED) is 0.153. The van der Waals surface area contributed by atoms with E-state index in [1.807, 2.05) is 42.5 Å². The first kappa shape index (κ1) is 29.2. The van der Waals surface area contributed by atoms with Crippen LogP contribution in [0.1, 0.15) is 40.0 Å². The molecule has 44 heavy (non-hydrogen) atoms. The van der Waals surface area contributed by atoms with E-state index in [-0.39, 0.29) is 40.2 Å². The van der Waals surface area contributed by atoms with Crippen molar-refractivity contribution < 1.29 is 28.0 Å². The number of benzene rings is 4. The molecule has 5 aromatic rings. The van der Waals surface area contributed by atoms with E-state index in [2.05, 4.69) is 0 Å². The van der Waals surface area contributed by atoms with Crippen molar-refractivity contribution in [2.75, 3.05) is 0 Å². The smallest absolute Gasteiger partial charge is 0.416 e. The number of carboxylic acid groups (broad SMARTS) is 1. The van der Waals surface area contributed by atoms with Gasteiger partial charge in [0.1, 0.15) is 6.04 Å². The van der Waals surface area contributed by atoms with Crippen LogP contribution in [-0.2, 0) is 17.4 Å². The molecule has 0 saturated carbocycles. The van der Waals surface area contributed by atoms with Gasteiger partial charge >= 0.3 is 12.1 Å². The highest BCUT2D eigenvalue weighted by molar-refractivity contribution is 7.99. The largest absolute Gasteiger partial charge is 0.480 e. The normalized spacial score (nSPS) is 16.4. The third kappa shape index (κ3) is 5.35. The van der Waals surface area contributed by atoms with Crippen LogP contribution < -0.4 is 5.56 Å². The summed E-state index contributed by atoms with van der Waals surface area (Å²) in [6, 6.07) is 23.8. The number of rotatable bonds is 6. The molecule has 0 bridgehead atoms. The molecule has 0 radical (unpaired) electrons. The van der Waals surface area contributed by atoms with Crippen molar-refractivity contribution >= 4 is 34.2 Å². The highest BCUT2D eigenvalue weighted by Gasteiger charge is 2.39. The Morgan fingerprint density at radius 3 is 2.41 bits per heavy atom. The van der Waals surface area contributed by atoms with Crippen molar-refractivity contribution in [3.8, 4) is 11.1 Å². The van der Waals surface area contributed by atoms with Crippen molar-refractivity contribution in [1.82, 2.24) is 4.57 Å². The Kier molecular flexibility index (Phi) is 7.50. The molecule has 0 amide bonds. The summed E-state index contributed by atoms with van der Waals surface area (Å²) < 4.78 is 42.7. The Balaban J connectivity index is 1.63. The zero-order valence-electron chi connectivity index (χ0n) is 22.8. The topological polar surface area (TPSA) is 102 Å². The van der Waals surface area contributed by atoms with E-state index in [1.54, 1.807) is 6.07 Å². The number of aromatic nitrogens is 1. The maximum atomic E-state index is 13.9. The van der Waals surface area contributed by atoms with E-state index in [4.69, 9.17) is 0 Å². The van der Waals surface area contributed by atoms with Gasteiger partial charge in [-0.25, -0.2) is 4.79 Å². The molecule has 222 valence electrons. The van der Waals surface area contributed by atoms with Gasteiger partial charge in [-0.1, -0.05) is 84.6 Å². The fourth-order valence-corrected chi connectivity index (χ4v) is 7.40. The van der Waals surface area contributed by atoms with E-state index in [0.29, 0.717) is 5.56 Å². The number of halogens is 3. The predicted octanol–water partition coefficient (Wildman–Crippen LogP) is 8.05. The first-order chi connectivity index (χ1) is 21.0. The molecule has 7 nitrogen and oxygen atoms in total. The zero-order chi connectivity index (χ0) is 31.2. The summed E-state index contributed by atoms with van der Waals surface area (Å²) in [4.78, 5) is 37.6. The number of fused-ring (bicyclic) bond motifs is 2. The molecule has 1 N–H and O–H groups in total. The number of nitro benzene ring substituents is 1. The molecular formula is C33H23F3N2O5S. The lowest BCUT2D eigenvalue weighted by Crippen LogP contribution is -2.35. The van der Waals surface area contributed by atoms with Crippen LogP contribution in [0, 0.1) is 10.1 Å². The van der Waals surface area contributed by atoms with Crippen LogP contribution in [0.5, 0.6) is 0 Å². The molecule has 4 aromatic carbocycles. The average molecular weight is 617 g/mol. The van der Waals surface area contributed by atoms with E-state index in [9.17, 15) is 38.0 Å². The van der Waals surface area contributed by atoms with Crippen molar-refractivity contribution in [3.05, 3.63) is 140 Å². The van der Waals surface area contributed by atoms with Crippen molar-refractivity contribution in [2.45, 2.75) is 35.3 Å². The third-order valence-corrected chi connectivity index (χ3v) is 9.15. The van der Waals surface area contributed by atoms with Crippen LogP contribution in [-0.4, -0.2) is 20.6 Å². The molecule has 0 saturated heterocycles. The van der Waals surface area contributed by atoms with Gasteiger partial charge in [0.05, 0.1) is 15.5 Å². The summed E-state index contributed by atoms with van der Waals surface area (Å²) >= 11 is 1.05. The SMILES string of the molecule is O=C(O)C1CC(c2ccccc2[N+](=O)[O-])Sc2c(-c3cccc(C(F)(F)F)c3)c(Cc3cccc4ccccc34)cc(=O)n21. The minimum absolute atomic E-state index is 0.136. The van der Waals surface area contributed by atoms with Crippen LogP contribution in [0.4, 0.5) is 18.9 Å². The fraction of sp³-hybridized carbons (Fsp3) is 0.152. The Hall–Kier alpha value is -4.90. The van der Waals surface area contributed by atoms with Gasteiger partial charge in [0.25, 0.3) is 11.2 Å². The lowest BCUT2D eigenvalue weighted by atomic mass is 9.92. The molecular weight excluding hydrogens is 593 g/mol. The van der Waals surface area contributed by atoms with Gasteiger partial charge in [-0.05, 0) is 52.4 Å². The Morgan fingerprint density at radius 2 is 1.66 bits per heavy atom. The zero-order valence-corrected chi connectivity index (χ0v) is 23.6. The number of alkyl halides is 3. The van der Waals surface area contributed by atoms with Gasteiger partial charge < -0.3 is 5.11 Å². The van der Waals surface area contributed by atoms with E-state index < -0.39 is 39.5 Å². The van der Waals surface area contributed by atoms with Crippen LogP contribution in [0.25, 0.3) is 21.9 Å². The minimum Gasteiger partial charge on any atom is -0.480 e. The lowest BCUT2D eigenvalue weighted by molar-refractivity contribution is -0.385. The third-order valence-electron chi connectivity index (χ3n) is 7.80. The second-order valence-electron chi connectivity index (χ2n) is 10.5. The summed E-state index contributed by atoms with van der Waals surface area (Å²) in [7, 11) is 0. The van der Waals surface area contributed by atoms with E-state index in [0.717, 1.165) is 44.8 Å². The Morgan fingerprint density at radius 1 is 0.955 bits per heavy atom. The van der Waals surface area contributed by atoms with Gasteiger partial charge in [0, 0.05) is 28.5 Å². The number of carboxylic acids is 1. The summed E-state index contributed by atoms with van der Waals surface area (Å²) in [5.41, 5.74) is 0.207. The number of thioether (sulfide) groups is 1. The Labute approximate surface area is 252 Å². The molecule has 6 rings (SSSR count). The summed E-state index contributed by atoms with van der Waals surface area (Å²) in [5.74, 6) is -1.32. The predicted molar refractivity (Wildman–Crippen MR) is 161 cm³/mol. The number of nitrogens with zero attached hydrogens (tertiary/aromatic N) is 2. The van der Waals surface area contributed by atoms with Gasteiger partial charge in [-0.3, -0.25) is 19.5 Å². The van der Waals surface area contributed by atoms with E-state index in [1.165, 1.54) is 36.4 Å². The monoisotopic (exact) mass is 616 g/mol. The first-order valence-corrected chi connectivity index (χ1v) is 14.5. The standard InChI is InChI=1S/C33H23F3N2O5S/c34-33(35,36)23-11-6-10-21(16-23)30-22(15-20-9-5-8-19-7-1-2-12-24(19)20)17-29(39)37-27(32(40)41)18-28(44-31(30)37)25-13-3-4-14-26(25)38(42)43/h1-14,16-17,27-28H,15,18H2,(H,40,41). The molecule has 1 aliphatic rings. The molecule has 1 aromatic heterocycles. The highest BCUT2D eigenvalue weighted by atomic mass is 32.2. The average Bonchev–Trinajstić information content (AvgIpc) is 3.00. The first-order valence-electron chi connectivity index (χ1n) is 13.6. The number of carbonyl (C=O) groups is 1. The van der Waals surface area contributed by atoms with Crippen molar-refractivity contribution in [1.29, 1.82) is 0 Å². The summed E-state index contributed by atoms with van der Waals surface area (Å²) in [6.07, 6.45) is -4.62. The molecule has 2 atom stereocenters. The van der Waals surface area contributed by atoms with Crippen LogP contribution >= 0.6 is 11.8 Å². The van der Waals surface area contributed by atoms with Gasteiger partial charge in [0.2, 0.25) is 0 Å². The fourth-order valence-electron chi connectivity index (χ4n) is 5.83. The maximum absolute atomic E-state index is 13.9. The second-order valence-corrected chi connectivity index (χ2v) is 11.7. The molecule has 0 aliphatic carbocycles. The van der Waals surface area contributed by atoms with Gasteiger partial charge in [-0.15, -0.1) is 0 Å². The number of aliphatic carboxylic acids is 1. The number of nitro groups is 1.